The molecule has 1 atom stereocenters. The van der Waals surface area contributed by atoms with E-state index in [2.05, 4.69) is 4.98 Å². The first kappa shape index (κ1) is 17.2. The van der Waals surface area contributed by atoms with Crippen molar-refractivity contribution in [2.75, 3.05) is 6.54 Å². The molecule has 4 heteroatoms. The molecule has 0 aliphatic carbocycles. The molecule has 0 aliphatic rings. The summed E-state index contributed by atoms with van der Waals surface area (Å²) in [5, 5.41) is 0. The van der Waals surface area contributed by atoms with Gasteiger partial charge in [-0.05, 0) is 54.3 Å². The van der Waals surface area contributed by atoms with Crippen LogP contribution in [-0.2, 0) is 11.8 Å². The topological polar surface area (TPSA) is 38.9 Å². The van der Waals surface area contributed by atoms with Gasteiger partial charge in [0.2, 0.25) is 0 Å². The second-order valence-corrected chi connectivity index (χ2v) is 6.33. The fourth-order valence-electron chi connectivity index (χ4n) is 3.25. The number of aryl methyl sites for hydroxylation is 1. The highest BCUT2D eigenvalue weighted by Crippen LogP contribution is 2.35. The highest BCUT2D eigenvalue weighted by molar-refractivity contribution is 5.41. The van der Waals surface area contributed by atoms with Gasteiger partial charge >= 0.3 is 0 Å². The molecule has 1 aromatic heterocycles. The van der Waals surface area contributed by atoms with Gasteiger partial charge in [-0.25, -0.2) is 8.78 Å². The lowest BCUT2D eigenvalue weighted by Gasteiger charge is -2.33. The summed E-state index contributed by atoms with van der Waals surface area (Å²) in [5.74, 6) is -0.729. The molecule has 0 bridgehead atoms. The van der Waals surface area contributed by atoms with Crippen LogP contribution < -0.4 is 5.73 Å². The Hall–Kier alpha value is -2.59. The van der Waals surface area contributed by atoms with Gasteiger partial charge in [-0.2, -0.15) is 0 Å². The first-order valence-corrected chi connectivity index (χ1v) is 8.17. The maximum Gasteiger partial charge on any atom is 0.141 e. The number of nitrogens with two attached hydrogens (primary N) is 1. The quantitative estimate of drug-likeness (QED) is 0.759. The van der Waals surface area contributed by atoms with Gasteiger partial charge in [0.15, 0.2) is 0 Å². The van der Waals surface area contributed by atoms with E-state index >= 15 is 0 Å². The molecule has 0 fully saturated rings. The molecular weight excluding hydrogens is 318 g/mol. The van der Waals surface area contributed by atoms with Crippen molar-refractivity contribution in [2.24, 2.45) is 5.73 Å². The van der Waals surface area contributed by atoms with Crippen LogP contribution in [0.25, 0.3) is 0 Å². The second kappa shape index (κ2) is 7.11. The highest BCUT2D eigenvalue weighted by Gasteiger charge is 2.35. The minimum atomic E-state index is -0.734. The first-order chi connectivity index (χ1) is 12.0. The Bertz CT molecular complexity index is 827. The van der Waals surface area contributed by atoms with E-state index in [-0.39, 0.29) is 12.4 Å². The Morgan fingerprint density at radius 1 is 0.960 bits per heavy atom. The van der Waals surface area contributed by atoms with Crippen molar-refractivity contribution in [3.05, 3.63) is 101 Å². The van der Waals surface area contributed by atoms with Crippen molar-refractivity contribution in [3.8, 4) is 0 Å². The van der Waals surface area contributed by atoms with Gasteiger partial charge < -0.3 is 5.73 Å². The average Bonchev–Trinajstić information content (AvgIpc) is 2.60. The number of rotatable bonds is 5. The third-order valence-electron chi connectivity index (χ3n) is 4.51. The number of pyridine rings is 1. The standard InChI is InChI=1S/C21H20F2N2/c1-15-9-17(11-19(23)10-15)21(14-24,12-16-5-3-2-4-6-16)20-8-7-18(22)13-25-20/h2-11,13H,12,14,24H2,1H3. The van der Waals surface area contributed by atoms with Gasteiger partial charge in [0.1, 0.15) is 11.6 Å². The maximum atomic E-state index is 14.1. The summed E-state index contributed by atoms with van der Waals surface area (Å²) < 4.78 is 27.5. The number of nitrogens with zero attached hydrogens (tertiary/aromatic N) is 1. The fourth-order valence-corrected chi connectivity index (χ4v) is 3.25. The van der Waals surface area contributed by atoms with Crippen molar-refractivity contribution in [3.63, 3.8) is 0 Å². The summed E-state index contributed by atoms with van der Waals surface area (Å²) in [7, 11) is 0. The lowest BCUT2D eigenvalue weighted by Crippen LogP contribution is -2.39. The highest BCUT2D eigenvalue weighted by atomic mass is 19.1. The Labute approximate surface area is 146 Å². The van der Waals surface area contributed by atoms with Crippen molar-refractivity contribution in [1.82, 2.24) is 4.98 Å². The smallest absolute Gasteiger partial charge is 0.141 e. The van der Waals surface area contributed by atoms with Gasteiger partial charge in [-0.15, -0.1) is 0 Å². The molecule has 3 rings (SSSR count). The maximum absolute atomic E-state index is 14.1. The van der Waals surface area contributed by atoms with Crippen LogP contribution in [0.15, 0.2) is 66.9 Å². The fraction of sp³-hybridized carbons (Fsp3) is 0.190. The molecule has 25 heavy (non-hydrogen) atoms. The Kier molecular flexibility index (Phi) is 4.91. The van der Waals surface area contributed by atoms with Crippen LogP contribution in [0.5, 0.6) is 0 Å². The predicted molar refractivity (Wildman–Crippen MR) is 95.3 cm³/mol. The number of benzene rings is 2. The van der Waals surface area contributed by atoms with E-state index < -0.39 is 11.2 Å². The Balaban J connectivity index is 2.19. The van der Waals surface area contributed by atoms with E-state index in [1.165, 1.54) is 24.4 Å². The minimum Gasteiger partial charge on any atom is -0.329 e. The molecule has 0 saturated carbocycles. The summed E-state index contributed by atoms with van der Waals surface area (Å²) >= 11 is 0. The average molecular weight is 338 g/mol. The summed E-state index contributed by atoms with van der Waals surface area (Å²) in [6.07, 6.45) is 1.72. The van der Waals surface area contributed by atoms with Crippen LogP contribution in [0.4, 0.5) is 8.78 Å². The SMILES string of the molecule is Cc1cc(F)cc(C(CN)(Cc2ccccc2)c2ccc(F)cn2)c1. The van der Waals surface area contributed by atoms with Crippen LogP contribution in [0.3, 0.4) is 0 Å². The minimum absolute atomic E-state index is 0.226. The third-order valence-corrected chi connectivity index (χ3v) is 4.51. The summed E-state index contributed by atoms with van der Waals surface area (Å²) in [6.45, 7) is 2.07. The van der Waals surface area contributed by atoms with Gasteiger partial charge in [0.25, 0.3) is 0 Å². The molecule has 0 aliphatic heterocycles. The molecule has 3 aromatic rings. The van der Waals surface area contributed by atoms with E-state index in [1.54, 1.807) is 6.07 Å². The van der Waals surface area contributed by atoms with Gasteiger partial charge in [0, 0.05) is 6.54 Å². The van der Waals surface area contributed by atoms with Crippen LogP contribution in [0, 0.1) is 18.6 Å². The molecule has 2 nitrogen and oxygen atoms in total. The molecule has 0 spiro atoms. The number of hydrogen-bond acceptors (Lipinski definition) is 2. The molecule has 1 heterocycles. The largest absolute Gasteiger partial charge is 0.329 e. The van der Waals surface area contributed by atoms with E-state index in [4.69, 9.17) is 5.73 Å². The summed E-state index contributed by atoms with van der Waals surface area (Å²) in [6, 6.07) is 17.7. The van der Waals surface area contributed by atoms with E-state index in [0.29, 0.717) is 12.1 Å². The van der Waals surface area contributed by atoms with Gasteiger partial charge in [0.05, 0.1) is 17.3 Å². The van der Waals surface area contributed by atoms with Crippen LogP contribution in [0.2, 0.25) is 0 Å². The summed E-state index contributed by atoms with van der Waals surface area (Å²) in [4.78, 5) is 4.28. The lowest BCUT2D eigenvalue weighted by atomic mass is 9.72. The Morgan fingerprint density at radius 2 is 1.72 bits per heavy atom. The van der Waals surface area contributed by atoms with Gasteiger partial charge in [-0.1, -0.05) is 36.4 Å². The number of halogens is 2. The third kappa shape index (κ3) is 3.59. The molecule has 0 amide bonds. The lowest BCUT2D eigenvalue weighted by molar-refractivity contribution is 0.497. The van der Waals surface area contributed by atoms with Gasteiger partial charge in [-0.3, -0.25) is 4.98 Å². The molecule has 0 saturated heterocycles. The molecule has 2 aromatic carbocycles. The zero-order valence-corrected chi connectivity index (χ0v) is 14.0. The molecule has 0 radical (unpaired) electrons. The van der Waals surface area contributed by atoms with E-state index in [9.17, 15) is 8.78 Å². The number of hydrogen-bond donors (Lipinski definition) is 1. The normalized spacial score (nSPS) is 13.4. The first-order valence-electron chi connectivity index (χ1n) is 8.17. The van der Waals surface area contributed by atoms with Crippen LogP contribution >= 0.6 is 0 Å². The second-order valence-electron chi connectivity index (χ2n) is 6.33. The molecule has 2 N–H and O–H groups in total. The zero-order valence-electron chi connectivity index (χ0n) is 14.0. The van der Waals surface area contributed by atoms with Crippen LogP contribution in [0.1, 0.15) is 22.4 Å². The van der Waals surface area contributed by atoms with Crippen molar-refractivity contribution in [1.29, 1.82) is 0 Å². The van der Waals surface area contributed by atoms with Crippen molar-refractivity contribution < 1.29 is 8.78 Å². The van der Waals surface area contributed by atoms with E-state index in [1.807, 2.05) is 43.3 Å². The monoisotopic (exact) mass is 338 g/mol. The van der Waals surface area contributed by atoms with E-state index in [0.717, 1.165) is 16.7 Å². The van der Waals surface area contributed by atoms with Crippen LogP contribution in [-0.4, -0.2) is 11.5 Å². The predicted octanol–water partition coefficient (Wildman–Crippen LogP) is 4.16. The number of aromatic nitrogens is 1. The zero-order chi connectivity index (χ0) is 17.9. The molecule has 1 unspecified atom stereocenters. The van der Waals surface area contributed by atoms with Crippen molar-refractivity contribution in [2.45, 2.75) is 18.8 Å². The molecule has 128 valence electrons. The Morgan fingerprint density at radius 3 is 2.32 bits per heavy atom. The van der Waals surface area contributed by atoms with Crippen molar-refractivity contribution >= 4 is 0 Å². The molecular formula is C21H20F2N2. The summed E-state index contributed by atoms with van der Waals surface area (Å²) in [5.41, 5.74) is 8.71.